The molecule has 2 aromatic carbocycles. The van der Waals surface area contributed by atoms with E-state index < -0.39 is 0 Å². The molecule has 0 spiro atoms. The van der Waals surface area contributed by atoms with E-state index in [1.807, 2.05) is 32.0 Å². The third kappa shape index (κ3) is 3.00. The molecule has 0 saturated carbocycles. The van der Waals surface area contributed by atoms with Crippen molar-refractivity contribution in [1.82, 2.24) is 14.5 Å². The lowest BCUT2D eigenvalue weighted by Gasteiger charge is -2.10. The predicted octanol–water partition coefficient (Wildman–Crippen LogP) is 3.90. The van der Waals surface area contributed by atoms with Crippen molar-refractivity contribution in [3.8, 4) is 0 Å². The van der Waals surface area contributed by atoms with Gasteiger partial charge < -0.3 is 4.57 Å². The van der Waals surface area contributed by atoms with Crippen LogP contribution in [0.25, 0.3) is 21.3 Å². The van der Waals surface area contributed by atoms with E-state index >= 15 is 0 Å². The highest BCUT2D eigenvalue weighted by Gasteiger charge is 2.13. The fourth-order valence-electron chi connectivity index (χ4n) is 3.14. The van der Waals surface area contributed by atoms with Gasteiger partial charge >= 0.3 is 0 Å². The molecule has 0 fully saturated rings. The number of rotatable bonds is 3. The summed E-state index contributed by atoms with van der Waals surface area (Å²) in [6.45, 7) is 6.15. The molecule has 0 aliphatic rings. The average Bonchev–Trinajstić information content (AvgIpc) is 3.06. The maximum atomic E-state index is 12.7. The minimum absolute atomic E-state index is 0.105. The maximum Gasteiger partial charge on any atom is 0.272 e. The Hall–Kier alpha value is -3.06. The lowest BCUT2D eigenvalue weighted by Crippen LogP contribution is -2.23. The number of anilines is 1. The fourth-order valence-corrected chi connectivity index (χ4v) is 4.08. The van der Waals surface area contributed by atoms with E-state index in [2.05, 4.69) is 15.3 Å². The Morgan fingerprint density at radius 2 is 2.00 bits per heavy atom. The third-order valence-electron chi connectivity index (χ3n) is 4.53. The predicted molar refractivity (Wildman–Crippen MR) is 109 cm³/mol. The highest BCUT2D eigenvalue weighted by atomic mass is 32.1. The molecule has 0 aliphatic heterocycles. The van der Waals surface area contributed by atoms with Crippen LogP contribution in [-0.4, -0.2) is 20.4 Å². The largest absolute Gasteiger partial charge is 0.305 e. The second-order valence-corrected chi connectivity index (χ2v) is 7.38. The molecule has 1 N–H and O–H groups in total. The monoisotopic (exact) mass is 378 g/mol. The molecule has 2 aromatic heterocycles. The van der Waals surface area contributed by atoms with Crippen LogP contribution in [-0.2, 0) is 6.54 Å². The van der Waals surface area contributed by atoms with Gasteiger partial charge in [0.2, 0.25) is 0 Å². The van der Waals surface area contributed by atoms with Crippen LogP contribution >= 0.6 is 11.3 Å². The van der Waals surface area contributed by atoms with Gasteiger partial charge in [-0.1, -0.05) is 23.5 Å². The lowest BCUT2D eigenvalue weighted by atomic mass is 10.1. The summed E-state index contributed by atoms with van der Waals surface area (Å²) in [4.78, 5) is 33.8. The highest BCUT2D eigenvalue weighted by Crippen LogP contribution is 2.28. The summed E-state index contributed by atoms with van der Waals surface area (Å²) in [6.07, 6.45) is 0. The van der Waals surface area contributed by atoms with Gasteiger partial charge in [-0.05, 0) is 50.6 Å². The van der Waals surface area contributed by atoms with Crippen molar-refractivity contribution in [2.45, 2.75) is 27.3 Å². The van der Waals surface area contributed by atoms with E-state index in [-0.39, 0.29) is 11.5 Å². The molecule has 0 atom stereocenters. The average molecular weight is 378 g/mol. The van der Waals surface area contributed by atoms with E-state index in [0.29, 0.717) is 28.5 Å². The van der Waals surface area contributed by atoms with Crippen LogP contribution < -0.4 is 10.9 Å². The summed E-state index contributed by atoms with van der Waals surface area (Å²) >= 11 is 1.44. The van der Waals surface area contributed by atoms with Crippen LogP contribution in [0.3, 0.4) is 0 Å². The molecular formula is C20H18N4O2S. The van der Waals surface area contributed by atoms with Crippen molar-refractivity contribution in [1.29, 1.82) is 0 Å². The molecule has 4 rings (SSSR count). The number of benzene rings is 2. The zero-order valence-corrected chi connectivity index (χ0v) is 16.1. The van der Waals surface area contributed by atoms with E-state index in [0.717, 1.165) is 21.3 Å². The van der Waals surface area contributed by atoms with Crippen molar-refractivity contribution >= 4 is 43.6 Å². The number of fused-ring (bicyclic) bond motifs is 2. The number of aromatic nitrogens is 3. The number of nitrogens with one attached hydrogen (secondary N) is 1. The number of amides is 1. The Kier molecular flexibility index (Phi) is 4.24. The first kappa shape index (κ1) is 17.4. The number of hydrogen-bond acceptors (Lipinski definition) is 5. The van der Waals surface area contributed by atoms with E-state index in [1.54, 1.807) is 29.7 Å². The minimum Gasteiger partial charge on any atom is -0.305 e. The normalized spacial score (nSPS) is 11.2. The first-order valence-electron chi connectivity index (χ1n) is 8.66. The summed E-state index contributed by atoms with van der Waals surface area (Å²) in [7, 11) is 0. The quantitative estimate of drug-likeness (QED) is 0.587. The van der Waals surface area contributed by atoms with E-state index in [9.17, 15) is 9.59 Å². The van der Waals surface area contributed by atoms with Crippen LogP contribution in [0.2, 0.25) is 0 Å². The number of hydrogen-bond donors (Lipinski definition) is 1. The van der Waals surface area contributed by atoms with Crippen molar-refractivity contribution in [2.75, 3.05) is 5.32 Å². The van der Waals surface area contributed by atoms with Crippen molar-refractivity contribution in [2.24, 2.45) is 0 Å². The van der Waals surface area contributed by atoms with Gasteiger partial charge in [0.1, 0.15) is 5.69 Å². The number of carbonyl (C=O) groups is 1. The molecule has 7 heteroatoms. The van der Waals surface area contributed by atoms with Gasteiger partial charge in [-0.3, -0.25) is 14.9 Å². The summed E-state index contributed by atoms with van der Waals surface area (Å²) in [6, 6.07) is 11.2. The smallest absolute Gasteiger partial charge is 0.272 e. The molecule has 6 nitrogen and oxygen atoms in total. The van der Waals surface area contributed by atoms with Gasteiger partial charge in [0.05, 0.1) is 21.3 Å². The Bertz CT molecular complexity index is 1260. The molecule has 1 amide bonds. The number of carbonyl (C=O) groups excluding carboxylic acids is 1. The molecule has 0 unspecified atom stereocenters. The Labute approximate surface area is 159 Å². The number of para-hydroxylation sites is 1. The van der Waals surface area contributed by atoms with Gasteiger partial charge in [0.25, 0.3) is 11.5 Å². The summed E-state index contributed by atoms with van der Waals surface area (Å²) in [5, 5.41) is 3.43. The lowest BCUT2D eigenvalue weighted by molar-refractivity contribution is 0.102. The van der Waals surface area contributed by atoms with Gasteiger partial charge in [0, 0.05) is 12.1 Å². The van der Waals surface area contributed by atoms with Crippen LogP contribution in [0.5, 0.6) is 0 Å². The molecule has 0 saturated heterocycles. The Morgan fingerprint density at radius 1 is 1.19 bits per heavy atom. The molecule has 0 bridgehead atoms. The zero-order chi connectivity index (χ0) is 19.1. The molecule has 4 aromatic rings. The van der Waals surface area contributed by atoms with E-state index in [4.69, 9.17) is 0 Å². The highest BCUT2D eigenvalue weighted by molar-refractivity contribution is 7.22. The molecule has 136 valence electrons. The van der Waals surface area contributed by atoms with Crippen molar-refractivity contribution < 1.29 is 4.79 Å². The first-order chi connectivity index (χ1) is 13.0. The third-order valence-corrected chi connectivity index (χ3v) is 5.46. The van der Waals surface area contributed by atoms with Gasteiger partial charge in [0.15, 0.2) is 5.13 Å². The molecular weight excluding hydrogens is 360 g/mol. The van der Waals surface area contributed by atoms with Crippen LogP contribution in [0.4, 0.5) is 5.13 Å². The molecule has 27 heavy (non-hydrogen) atoms. The maximum absolute atomic E-state index is 12.7. The second-order valence-electron chi connectivity index (χ2n) is 6.34. The molecule has 2 heterocycles. The Balaban J connectivity index is 1.70. The SMILES string of the molecule is CCn1c(=O)c(C)nc2cc(C(=O)Nc3nc4c(C)cccc4s3)ccc21. The fraction of sp³-hybridized carbons (Fsp3) is 0.200. The standard InChI is InChI=1S/C20H18N4O2S/c1-4-24-15-9-8-13(10-14(15)21-12(3)19(24)26)18(25)23-20-22-17-11(2)6-5-7-16(17)27-20/h5-10H,4H2,1-3H3,(H,22,23,25). The summed E-state index contributed by atoms with van der Waals surface area (Å²) in [5.41, 5.74) is 4.12. The number of thiazole rings is 1. The van der Waals surface area contributed by atoms with Crippen LogP contribution in [0.15, 0.2) is 41.2 Å². The topological polar surface area (TPSA) is 76.9 Å². The number of nitrogens with zero attached hydrogens (tertiary/aromatic N) is 3. The molecule has 0 aliphatic carbocycles. The minimum atomic E-state index is -0.248. The molecule has 0 radical (unpaired) electrons. The van der Waals surface area contributed by atoms with Crippen LogP contribution in [0, 0.1) is 13.8 Å². The van der Waals surface area contributed by atoms with Gasteiger partial charge in [-0.2, -0.15) is 0 Å². The summed E-state index contributed by atoms with van der Waals surface area (Å²) in [5.74, 6) is -0.248. The summed E-state index contributed by atoms with van der Waals surface area (Å²) < 4.78 is 2.70. The van der Waals surface area contributed by atoms with Gasteiger partial charge in [-0.15, -0.1) is 0 Å². The van der Waals surface area contributed by atoms with Crippen molar-refractivity contribution in [3.05, 3.63) is 63.6 Å². The van der Waals surface area contributed by atoms with Crippen LogP contribution in [0.1, 0.15) is 28.5 Å². The van der Waals surface area contributed by atoms with E-state index in [1.165, 1.54) is 11.3 Å². The number of aryl methyl sites for hydroxylation is 3. The zero-order valence-electron chi connectivity index (χ0n) is 15.2. The first-order valence-corrected chi connectivity index (χ1v) is 9.48. The van der Waals surface area contributed by atoms with Crippen molar-refractivity contribution in [3.63, 3.8) is 0 Å². The Morgan fingerprint density at radius 3 is 2.74 bits per heavy atom. The second kappa shape index (κ2) is 6.59. The van der Waals surface area contributed by atoms with Gasteiger partial charge in [-0.25, -0.2) is 9.97 Å².